The van der Waals surface area contributed by atoms with Gasteiger partial charge in [0, 0.05) is 57.3 Å². The number of hydrogen-bond acceptors (Lipinski definition) is 9. The van der Waals surface area contributed by atoms with Crippen molar-refractivity contribution in [3.63, 3.8) is 0 Å². The van der Waals surface area contributed by atoms with Crippen molar-refractivity contribution in [2.45, 2.75) is 76.9 Å². The number of piperazine rings is 1. The molecule has 0 spiro atoms. The molecule has 3 fully saturated rings. The van der Waals surface area contributed by atoms with Gasteiger partial charge in [-0.2, -0.15) is 0 Å². The summed E-state index contributed by atoms with van der Waals surface area (Å²) >= 11 is 0. The van der Waals surface area contributed by atoms with Crippen molar-refractivity contribution in [1.29, 1.82) is 0 Å². The molecule has 5 rings (SSSR count). The number of likely N-dealkylation sites (tertiary alicyclic amines) is 1. The molecule has 2 saturated heterocycles. The molecule has 3 heterocycles. The van der Waals surface area contributed by atoms with Crippen molar-refractivity contribution in [2.75, 3.05) is 59.7 Å². The fourth-order valence-corrected chi connectivity index (χ4v) is 6.25. The van der Waals surface area contributed by atoms with Crippen molar-refractivity contribution >= 4 is 40.6 Å². The Hall–Kier alpha value is -4.46. The largest absolute Gasteiger partial charge is 0.483 e. The lowest BCUT2D eigenvalue weighted by Gasteiger charge is -2.35. The molecule has 2 unspecified atom stereocenters. The van der Waals surface area contributed by atoms with Crippen LogP contribution in [0.15, 0.2) is 24.3 Å². The second kappa shape index (κ2) is 16.8. The summed E-state index contributed by atoms with van der Waals surface area (Å²) in [5, 5.41) is 6.43. The van der Waals surface area contributed by atoms with E-state index in [0.29, 0.717) is 43.6 Å². The number of carbonyl (C=O) groups is 5. The van der Waals surface area contributed by atoms with Gasteiger partial charge < -0.3 is 39.5 Å². The van der Waals surface area contributed by atoms with Gasteiger partial charge in [0.25, 0.3) is 11.8 Å². The molecule has 3 aliphatic rings. The van der Waals surface area contributed by atoms with E-state index >= 15 is 0 Å². The van der Waals surface area contributed by atoms with Crippen molar-refractivity contribution in [1.82, 2.24) is 30.3 Å². The summed E-state index contributed by atoms with van der Waals surface area (Å²) in [5.41, 5.74) is 1.41. The lowest BCUT2D eigenvalue weighted by Crippen LogP contribution is -2.57. The normalized spacial score (nSPS) is 18.5. The van der Waals surface area contributed by atoms with Crippen LogP contribution < -0.4 is 15.4 Å². The molecule has 1 aromatic carbocycles. The Morgan fingerprint density at radius 1 is 0.980 bits per heavy atom. The Bertz CT molecular complexity index is 1520. The molecule has 14 nitrogen and oxygen atoms in total. The molecule has 1 aromatic heterocycles. The van der Waals surface area contributed by atoms with Crippen molar-refractivity contribution in [3.8, 4) is 5.75 Å². The second-order valence-corrected chi connectivity index (χ2v) is 13.0. The number of hydrogen-bond donors (Lipinski definition) is 2. The van der Waals surface area contributed by atoms with Gasteiger partial charge in [-0.3, -0.25) is 19.2 Å². The topological polar surface area (TPSA) is 160 Å². The Labute approximate surface area is 286 Å². The second-order valence-electron chi connectivity index (χ2n) is 13.0. The van der Waals surface area contributed by atoms with Crippen LogP contribution in [0.5, 0.6) is 5.75 Å². The summed E-state index contributed by atoms with van der Waals surface area (Å²) in [7, 11) is 1.44. The first kappa shape index (κ1) is 35.8. The van der Waals surface area contributed by atoms with Gasteiger partial charge in [-0.25, -0.2) is 9.78 Å². The van der Waals surface area contributed by atoms with Crippen molar-refractivity contribution < 1.29 is 38.2 Å². The van der Waals surface area contributed by atoms with Crippen LogP contribution in [0.1, 0.15) is 67.9 Å². The zero-order valence-electron chi connectivity index (χ0n) is 28.7. The maximum atomic E-state index is 13.6. The molecular weight excluding hydrogens is 632 g/mol. The molecule has 14 heteroatoms. The van der Waals surface area contributed by atoms with E-state index < -0.39 is 24.1 Å². The first-order chi connectivity index (χ1) is 23.7. The molecule has 0 radical (unpaired) electrons. The van der Waals surface area contributed by atoms with Gasteiger partial charge >= 0.3 is 6.09 Å². The van der Waals surface area contributed by atoms with E-state index in [4.69, 9.17) is 14.2 Å². The van der Waals surface area contributed by atoms with E-state index in [0.717, 1.165) is 44.1 Å². The predicted octanol–water partition coefficient (Wildman–Crippen LogP) is 2.41. The van der Waals surface area contributed by atoms with Gasteiger partial charge in [0.1, 0.15) is 23.5 Å². The first-order valence-corrected chi connectivity index (χ1v) is 17.3. The molecule has 266 valence electrons. The first-order valence-electron chi connectivity index (χ1n) is 17.3. The SMILES string of the molecule is CCCCOC(=O)N1CCN(C(=O)C(COC)NC(=O)c2cc(OCC(=O)N3CCCC3C(=O)NC3CCC3)c3ccc(C)cc3n2)CC1. The molecule has 2 aromatic rings. The molecule has 1 saturated carbocycles. The number of amides is 5. The van der Waals surface area contributed by atoms with Crippen LogP contribution in [-0.2, 0) is 23.9 Å². The van der Waals surface area contributed by atoms with Crippen LogP contribution in [0, 0.1) is 6.92 Å². The minimum absolute atomic E-state index is 0.00743. The lowest BCUT2D eigenvalue weighted by atomic mass is 9.93. The van der Waals surface area contributed by atoms with E-state index in [2.05, 4.69) is 15.6 Å². The molecule has 2 aliphatic heterocycles. The third-order valence-electron chi connectivity index (χ3n) is 9.35. The zero-order valence-corrected chi connectivity index (χ0v) is 28.7. The van der Waals surface area contributed by atoms with Gasteiger partial charge in [-0.15, -0.1) is 0 Å². The Morgan fingerprint density at radius 2 is 1.73 bits per heavy atom. The number of unbranched alkanes of at least 4 members (excludes halogenated alkanes) is 1. The maximum Gasteiger partial charge on any atom is 0.409 e. The summed E-state index contributed by atoms with van der Waals surface area (Å²) in [6, 6.07) is 5.65. The number of aryl methyl sites for hydroxylation is 1. The molecule has 2 N–H and O–H groups in total. The average molecular weight is 681 g/mol. The monoisotopic (exact) mass is 680 g/mol. The van der Waals surface area contributed by atoms with Crippen molar-refractivity contribution in [2.24, 2.45) is 0 Å². The molecule has 1 aliphatic carbocycles. The third-order valence-corrected chi connectivity index (χ3v) is 9.35. The number of benzene rings is 1. The molecule has 0 bridgehead atoms. The van der Waals surface area contributed by atoms with Crippen molar-refractivity contribution in [3.05, 3.63) is 35.5 Å². The molecule has 49 heavy (non-hydrogen) atoms. The summed E-state index contributed by atoms with van der Waals surface area (Å²) in [4.78, 5) is 74.9. The minimum atomic E-state index is -1.00. The van der Waals surface area contributed by atoms with E-state index in [1.54, 1.807) is 14.7 Å². The van der Waals surface area contributed by atoms with E-state index in [9.17, 15) is 24.0 Å². The number of carbonyl (C=O) groups excluding carboxylic acids is 5. The number of methoxy groups -OCH3 is 1. The highest BCUT2D eigenvalue weighted by molar-refractivity contribution is 5.99. The number of nitrogens with zero attached hydrogens (tertiary/aromatic N) is 4. The smallest absolute Gasteiger partial charge is 0.409 e. The van der Waals surface area contributed by atoms with Gasteiger partial charge in [0.05, 0.1) is 18.7 Å². The fourth-order valence-electron chi connectivity index (χ4n) is 6.25. The minimum Gasteiger partial charge on any atom is -0.483 e. The molecule has 5 amide bonds. The molecule has 2 atom stereocenters. The van der Waals surface area contributed by atoms with E-state index in [-0.39, 0.29) is 61.5 Å². The standard InChI is InChI=1S/C35H48N6O8/c1-4-5-18-48-35(46)40-16-14-39(15-17-40)34(45)28(21-47-3)38-32(43)27-20-30(25-12-11-23(2)19-26(25)37-27)49-22-31(42)41-13-7-10-29(41)33(44)36-24-8-6-9-24/h11-12,19-20,24,28-29H,4-10,13-18,21-22H2,1-3H3,(H,36,44)(H,38,43). The highest BCUT2D eigenvalue weighted by Crippen LogP contribution is 2.28. The summed E-state index contributed by atoms with van der Waals surface area (Å²) in [6.07, 6.45) is 5.70. The van der Waals surface area contributed by atoms with Crippen LogP contribution in [0.4, 0.5) is 4.79 Å². The highest BCUT2D eigenvalue weighted by Gasteiger charge is 2.36. The summed E-state index contributed by atoms with van der Waals surface area (Å²) in [6.45, 7) is 5.58. The van der Waals surface area contributed by atoms with Crippen LogP contribution in [0.3, 0.4) is 0 Å². The van der Waals surface area contributed by atoms with Gasteiger partial charge in [-0.05, 0) is 63.1 Å². The van der Waals surface area contributed by atoms with E-state index in [1.807, 2.05) is 32.0 Å². The molecular formula is C35H48N6O8. The Morgan fingerprint density at radius 3 is 2.43 bits per heavy atom. The Kier molecular flexibility index (Phi) is 12.3. The summed E-state index contributed by atoms with van der Waals surface area (Å²) < 4.78 is 16.6. The Balaban J connectivity index is 1.24. The maximum absolute atomic E-state index is 13.6. The van der Waals surface area contributed by atoms with Crippen LogP contribution in [0.25, 0.3) is 10.9 Å². The van der Waals surface area contributed by atoms with E-state index in [1.165, 1.54) is 13.2 Å². The number of pyridine rings is 1. The van der Waals surface area contributed by atoms with Gasteiger partial charge in [-0.1, -0.05) is 19.4 Å². The van der Waals surface area contributed by atoms with Crippen LogP contribution in [0.2, 0.25) is 0 Å². The number of fused-ring (bicyclic) bond motifs is 1. The lowest BCUT2D eigenvalue weighted by molar-refractivity contribution is -0.140. The van der Waals surface area contributed by atoms with Crippen LogP contribution >= 0.6 is 0 Å². The third kappa shape index (κ3) is 8.97. The zero-order chi connectivity index (χ0) is 34.9. The number of aromatic nitrogens is 1. The number of nitrogens with one attached hydrogen (secondary N) is 2. The number of rotatable bonds is 13. The predicted molar refractivity (Wildman–Crippen MR) is 180 cm³/mol. The average Bonchev–Trinajstić information content (AvgIpc) is 3.58. The van der Waals surface area contributed by atoms with Gasteiger partial charge in [0.2, 0.25) is 11.8 Å². The highest BCUT2D eigenvalue weighted by atomic mass is 16.6. The quantitative estimate of drug-likeness (QED) is 0.303. The summed E-state index contributed by atoms with van der Waals surface area (Å²) in [5.74, 6) is -1.09. The van der Waals surface area contributed by atoms with Crippen LogP contribution in [-0.4, -0.2) is 127 Å². The van der Waals surface area contributed by atoms with Gasteiger partial charge in [0.15, 0.2) is 6.61 Å². The fraction of sp³-hybridized carbons (Fsp3) is 0.600. The number of ether oxygens (including phenoxy) is 3.